The van der Waals surface area contributed by atoms with E-state index >= 15 is 0 Å². The lowest BCUT2D eigenvalue weighted by Gasteiger charge is -2.10. The Morgan fingerprint density at radius 1 is 1.73 bits per heavy atom. The number of aldehydes is 1. The highest BCUT2D eigenvalue weighted by Crippen LogP contribution is 1.93. The first kappa shape index (κ1) is 9.94. The summed E-state index contributed by atoms with van der Waals surface area (Å²) in [6, 6.07) is -0.00681. The second-order valence-corrected chi connectivity index (χ2v) is 2.28. The fourth-order valence-corrected chi connectivity index (χ4v) is 0.650. The molecule has 1 amide bonds. The van der Waals surface area contributed by atoms with Crippen molar-refractivity contribution in [3.05, 3.63) is 0 Å². The molecule has 0 aliphatic rings. The predicted octanol–water partition coefficient (Wildman–Crippen LogP) is 0.710. The van der Waals surface area contributed by atoms with Crippen molar-refractivity contribution in [1.29, 1.82) is 0 Å². The molecular formula is C7H13NO3. The predicted molar refractivity (Wildman–Crippen MR) is 40.3 cm³/mol. The van der Waals surface area contributed by atoms with Crippen LogP contribution in [-0.2, 0) is 9.53 Å². The summed E-state index contributed by atoms with van der Waals surface area (Å²) in [5.74, 6) is 0. The zero-order valence-electron chi connectivity index (χ0n) is 6.79. The summed E-state index contributed by atoms with van der Waals surface area (Å²) in [6.45, 7) is 1.82. The number of carbonyl (C=O) groups is 2. The third-order valence-corrected chi connectivity index (χ3v) is 1.27. The number of carbonyl (C=O) groups excluding carboxylic acids is 2. The van der Waals surface area contributed by atoms with Gasteiger partial charge in [-0.25, -0.2) is 4.79 Å². The van der Waals surface area contributed by atoms with Crippen molar-refractivity contribution < 1.29 is 14.3 Å². The molecule has 0 aromatic carbocycles. The Labute approximate surface area is 65.9 Å². The smallest absolute Gasteiger partial charge is 0.407 e. The highest BCUT2D eigenvalue weighted by Gasteiger charge is 2.04. The van der Waals surface area contributed by atoms with Crippen molar-refractivity contribution in [3.63, 3.8) is 0 Å². The number of ether oxygens (including phenoxy) is 1. The minimum absolute atomic E-state index is 0.00681. The zero-order chi connectivity index (χ0) is 8.69. The Morgan fingerprint density at radius 2 is 2.36 bits per heavy atom. The van der Waals surface area contributed by atoms with Crippen molar-refractivity contribution in [2.75, 3.05) is 7.11 Å². The van der Waals surface area contributed by atoms with Gasteiger partial charge in [-0.3, -0.25) is 0 Å². The van der Waals surface area contributed by atoms with Crippen LogP contribution in [0.3, 0.4) is 0 Å². The normalized spacial score (nSPS) is 11.8. The van der Waals surface area contributed by atoms with Gasteiger partial charge >= 0.3 is 6.09 Å². The molecule has 0 saturated carbocycles. The highest BCUT2D eigenvalue weighted by molar-refractivity contribution is 5.67. The molecule has 0 spiro atoms. The topological polar surface area (TPSA) is 55.4 Å². The van der Waals surface area contributed by atoms with Gasteiger partial charge in [0.25, 0.3) is 0 Å². The summed E-state index contributed by atoms with van der Waals surface area (Å²) in [6.07, 6.45) is 1.49. The van der Waals surface area contributed by atoms with E-state index in [1.165, 1.54) is 7.11 Å². The maximum absolute atomic E-state index is 10.6. The van der Waals surface area contributed by atoms with Crippen LogP contribution in [-0.4, -0.2) is 25.5 Å². The minimum Gasteiger partial charge on any atom is -0.453 e. The van der Waals surface area contributed by atoms with E-state index in [9.17, 15) is 9.59 Å². The summed E-state index contributed by atoms with van der Waals surface area (Å²) in [5.41, 5.74) is 0. The first-order chi connectivity index (χ1) is 5.20. The zero-order valence-corrected chi connectivity index (χ0v) is 6.79. The lowest BCUT2D eigenvalue weighted by atomic mass is 10.2. The summed E-state index contributed by atoms with van der Waals surface area (Å²) >= 11 is 0. The Balaban J connectivity index is 3.42. The minimum atomic E-state index is -0.455. The highest BCUT2D eigenvalue weighted by atomic mass is 16.5. The molecular weight excluding hydrogens is 146 g/mol. The van der Waals surface area contributed by atoms with Crippen molar-refractivity contribution in [1.82, 2.24) is 5.32 Å². The molecule has 0 radical (unpaired) electrons. The van der Waals surface area contributed by atoms with Gasteiger partial charge < -0.3 is 14.8 Å². The number of alkyl carbamates (subject to hydrolysis) is 1. The average Bonchev–Trinajstić information content (AvgIpc) is 2.00. The number of hydrogen-bond donors (Lipinski definition) is 1. The molecule has 0 heterocycles. The first-order valence-corrected chi connectivity index (χ1v) is 3.48. The lowest BCUT2D eigenvalue weighted by Crippen LogP contribution is -2.32. The molecule has 4 heteroatoms. The van der Waals surface area contributed by atoms with Crippen LogP contribution in [0.5, 0.6) is 0 Å². The average molecular weight is 159 g/mol. The van der Waals surface area contributed by atoms with E-state index in [-0.39, 0.29) is 6.04 Å². The standard InChI is InChI=1S/C7H13NO3/c1-6(4-3-5-9)8-7(10)11-2/h5-6H,3-4H2,1-2H3,(H,8,10). The quantitative estimate of drug-likeness (QED) is 0.614. The third kappa shape index (κ3) is 5.39. The van der Waals surface area contributed by atoms with E-state index < -0.39 is 6.09 Å². The van der Waals surface area contributed by atoms with Crippen molar-refractivity contribution in [2.24, 2.45) is 0 Å². The van der Waals surface area contributed by atoms with Gasteiger partial charge in [0.15, 0.2) is 0 Å². The first-order valence-electron chi connectivity index (χ1n) is 3.48. The summed E-state index contributed by atoms with van der Waals surface area (Å²) < 4.78 is 4.36. The summed E-state index contributed by atoms with van der Waals surface area (Å²) in [5, 5.41) is 2.54. The van der Waals surface area contributed by atoms with E-state index in [0.717, 1.165) is 6.29 Å². The van der Waals surface area contributed by atoms with E-state index in [2.05, 4.69) is 10.1 Å². The second kappa shape index (κ2) is 5.70. The molecule has 0 saturated heterocycles. The lowest BCUT2D eigenvalue weighted by molar-refractivity contribution is -0.108. The van der Waals surface area contributed by atoms with E-state index in [0.29, 0.717) is 12.8 Å². The third-order valence-electron chi connectivity index (χ3n) is 1.27. The summed E-state index contributed by atoms with van der Waals surface area (Å²) in [7, 11) is 1.31. The van der Waals surface area contributed by atoms with Crippen LogP contribution in [0.1, 0.15) is 19.8 Å². The van der Waals surface area contributed by atoms with Gasteiger partial charge in [0.05, 0.1) is 7.11 Å². The molecule has 0 aromatic rings. The SMILES string of the molecule is COC(=O)NC(C)CCC=O. The largest absolute Gasteiger partial charge is 0.453 e. The van der Waals surface area contributed by atoms with Crippen LogP contribution >= 0.6 is 0 Å². The summed E-state index contributed by atoms with van der Waals surface area (Å²) in [4.78, 5) is 20.5. The monoisotopic (exact) mass is 159 g/mol. The number of rotatable bonds is 4. The Kier molecular flexibility index (Phi) is 5.15. The van der Waals surface area contributed by atoms with Gasteiger partial charge in [-0.2, -0.15) is 0 Å². The molecule has 4 nitrogen and oxygen atoms in total. The molecule has 0 bridgehead atoms. The number of nitrogens with one attached hydrogen (secondary N) is 1. The molecule has 1 N–H and O–H groups in total. The van der Waals surface area contributed by atoms with Gasteiger partial charge in [-0.1, -0.05) is 0 Å². The molecule has 64 valence electrons. The van der Waals surface area contributed by atoms with Crippen LogP contribution in [0, 0.1) is 0 Å². The van der Waals surface area contributed by atoms with Crippen LogP contribution in [0.15, 0.2) is 0 Å². The number of methoxy groups -OCH3 is 1. The maximum Gasteiger partial charge on any atom is 0.407 e. The molecule has 0 aromatic heterocycles. The van der Waals surface area contributed by atoms with Crippen LogP contribution in [0.2, 0.25) is 0 Å². The molecule has 1 unspecified atom stereocenters. The van der Waals surface area contributed by atoms with Crippen LogP contribution in [0.4, 0.5) is 4.79 Å². The molecule has 11 heavy (non-hydrogen) atoms. The van der Waals surface area contributed by atoms with Gasteiger partial charge in [-0.05, 0) is 13.3 Å². The second-order valence-electron chi connectivity index (χ2n) is 2.28. The van der Waals surface area contributed by atoms with E-state index in [1.54, 1.807) is 0 Å². The van der Waals surface area contributed by atoms with Crippen LogP contribution in [0.25, 0.3) is 0 Å². The van der Waals surface area contributed by atoms with Gasteiger partial charge in [0.2, 0.25) is 0 Å². The molecule has 0 rings (SSSR count). The maximum atomic E-state index is 10.6. The number of amides is 1. The Morgan fingerprint density at radius 3 is 2.82 bits per heavy atom. The van der Waals surface area contributed by atoms with Crippen molar-refractivity contribution >= 4 is 12.4 Å². The molecule has 0 aliphatic carbocycles. The van der Waals surface area contributed by atoms with Crippen molar-refractivity contribution in [2.45, 2.75) is 25.8 Å². The molecule has 0 fully saturated rings. The molecule has 0 aliphatic heterocycles. The van der Waals surface area contributed by atoms with Gasteiger partial charge in [-0.15, -0.1) is 0 Å². The Hall–Kier alpha value is -1.06. The van der Waals surface area contributed by atoms with Crippen molar-refractivity contribution in [3.8, 4) is 0 Å². The fourth-order valence-electron chi connectivity index (χ4n) is 0.650. The number of hydrogen-bond acceptors (Lipinski definition) is 3. The van der Waals surface area contributed by atoms with Gasteiger partial charge in [0.1, 0.15) is 6.29 Å². The van der Waals surface area contributed by atoms with Gasteiger partial charge in [0, 0.05) is 12.5 Å². The molecule has 1 atom stereocenters. The van der Waals surface area contributed by atoms with Crippen LogP contribution < -0.4 is 5.32 Å². The van der Waals surface area contributed by atoms with E-state index in [1.807, 2.05) is 6.92 Å². The van der Waals surface area contributed by atoms with E-state index in [4.69, 9.17) is 0 Å². The Bertz CT molecular complexity index is 136. The fraction of sp³-hybridized carbons (Fsp3) is 0.714.